The van der Waals surface area contributed by atoms with E-state index < -0.39 is 0 Å². The number of benzene rings is 1. The number of nitrogens with one attached hydrogen (secondary N) is 3. The summed E-state index contributed by atoms with van der Waals surface area (Å²) in [5.41, 5.74) is 3.64. The van der Waals surface area contributed by atoms with Crippen molar-refractivity contribution in [2.24, 2.45) is 5.10 Å². The van der Waals surface area contributed by atoms with Gasteiger partial charge in [0.05, 0.1) is 18.2 Å². The molecule has 0 bridgehead atoms. The molecule has 0 atom stereocenters. The summed E-state index contributed by atoms with van der Waals surface area (Å²) in [7, 11) is 0. The van der Waals surface area contributed by atoms with Crippen molar-refractivity contribution in [3.05, 3.63) is 59.0 Å². The van der Waals surface area contributed by atoms with Crippen LogP contribution < -0.4 is 10.7 Å². The molecule has 0 saturated heterocycles. The molecule has 1 aromatic carbocycles. The van der Waals surface area contributed by atoms with Crippen LogP contribution in [0.15, 0.2) is 57.3 Å². The molecule has 0 saturated carbocycles. The van der Waals surface area contributed by atoms with E-state index in [4.69, 9.17) is 16.0 Å². The van der Waals surface area contributed by atoms with Gasteiger partial charge in [-0.3, -0.25) is 4.79 Å². The van der Waals surface area contributed by atoms with Crippen LogP contribution in [0, 0.1) is 0 Å². The zero-order valence-corrected chi connectivity index (χ0v) is 15.0. The van der Waals surface area contributed by atoms with E-state index in [0.29, 0.717) is 28.4 Å². The number of nitrogens with zero attached hydrogens (tertiary/aromatic N) is 3. The summed E-state index contributed by atoms with van der Waals surface area (Å²) in [6.07, 6.45) is 3.07. The van der Waals surface area contributed by atoms with E-state index in [0.717, 1.165) is 5.56 Å². The topological polar surface area (TPSA) is 108 Å². The van der Waals surface area contributed by atoms with Crippen LogP contribution in [0.3, 0.4) is 0 Å². The largest absolute Gasteiger partial charge is 0.463 e. The summed E-state index contributed by atoms with van der Waals surface area (Å²) >= 11 is 7.13. The number of aromatic nitrogens is 3. The maximum Gasteiger partial charge on any atom is 0.240 e. The number of anilines is 1. The molecule has 8 nitrogen and oxygen atoms in total. The zero-order valence-electron chi connectivity index (χ0n) is 13.5. The number of hydrogen-bond acceptors (Lipinski definition) is 7. The maximum atomic E-state index is 11.9. The smallest absolute Gasteiger partial charge is 0.240 e. The fraction of sp³-hybridized carbons (Fsp3) is 0.125. The second-order valence-corrected chi connectivity index (χ2v) is 6.43. The van der Waals surface area contributed by atoms with E-state index in [2.05, 4.69) is 31.0 Å². The number of H-pyrrole nitrogens is 1. The minimum atomic E-state index is -0.120. The van der Waals surface area contributed by atoms with Crippen molar-refractivity contribution >= 4 is 41.4 Å². The van der Waals surface area contributed by atoms with Crippen LogP contribution in [0.4, 0.5) is 5.95 Å². The van der Waals surface area contributed by atoms with Gasteiger partial charge in [0.15, 0.2) is 0 Å². The summed E-state index contributed by atoms with van der Waals surface area (Å²) in [6.45, 7) is 0.419. The molecule has 0 radical (unpaired) electrons. The number of rotatable bonds is 8. The number of hydrogen-bond donors (Lipinski definition) is 3. The van der Waals surface area contributed by atoms with Gasteiger partial charge in [-0.25, -0.2) is 10.5 Å². The van der Waals surface area contributed by atoms with E-state index in [-0.39, 0.29) is 11.7 Å². The Kier molecular flexibility index (Phi) is 6.29. The first-order chi connectivity index (χ1) is 12.7. The number of amides is 1. The van der Waals surface area contributed by atoms with Crippen molar-refractivity contribution in [2.45, 2.75) is 11.7 Å². The van der Waals surface area contributed by atoms with Gasteiger partial charge in [-0.1, -0.05) is 35.5 Å². The molecule has 10 heteroatoms. The quantitative estimate of drug-likeness (QED) is 0.310. The fourth-order valence-electron chi connectivity index (χ4n) is 1.91. The highest BCUT2D eigenvalue weighted by atomic mass is 35.5. The molecule has 0 aliphatic heterocycles. The number of hydrazone groups is 1. The standard InChI is InChI=1S/C16H15ClN6O2S/c17-12-4-1-3-11(7-12)8-18-14(24)10-26-16-20-15(22-23-16)21-19-9-13-5-2-6-25-13/h1-7,9H,8,10H2,(H,18,24)(H2,20,21,22,23)/b19-9-. The average Bonchev–Trinajstić information content (AvgIpc) is 3.30. The second-order valence-electron chi connectivity index (χ2n) is 5.05. The van der Waals surface area contributed by atoms with Crippen LogP contribution in [0.5, 0.6) is 0 Å². The number of halogens is 1. The van der Waals surface area contributed by atoms with Crippen molar-refractivity contribution in [1.29, 1.82) is 0 Å². The SMILES string of the molecule is O=C(CSc1n[nH]c(N/N=C\c2ccco2)n1)NCc1cccc(Cl)c1. The third kappa shape index (κ3) is 5.64. The summed E-state index contributed by atoms with van der Waals surface area (Å²) in [6, 6.07) is 10.9. The molecule has 3 N–H and O–H groups in total. The number of carbonyl (C=O) groups excluding carboxylic acids is 1. The summed E-state index contributed by atoms with van der Waals surface area (Å²) < 4.78 is 5.11. The number of furan rings is 1. The van der Waals surface area contributed by atoms with E-state index in [1.807, 2.05) is 18.2 Å². The molecule has 3 rings (SSSR count). The van der Waals surface area contributed by atoms with Crippen LogP contribution in [-0.2, 0) is 11.3 Å². The van der Waals surface area contributed by atoms with Gasteiger partial charge >= 0.3 is 0 Å². The highest BCUT2D eigenvalue weighted by molar-refractivity contribution is 7.99. The number of carbonyl (C=O) groups is 1. The number of thioether (sulfide) groups is 1. The van der Waals surface area contributed by atoms with Gasteiger partial charge in [0.1, 0.15) is 5.76 Å². The lowest BCUT2D eigenvalue weighted by Crippen LogP contribution is -2.24. The first-order valence-corrected chi connectivity index (χ1v) is 8.94. The molecule has 0 aliphatic rings. The highest BCUT2D eigenvalue weighted by Gasteiger charge is 2.07. The summed E-state index contributed by atoms with van der Waals surface area (Å²) in [5.74, 6) is 1.07. The van der Waals surface area contributed by atoms with Crippen LogP contribution in [0.25, 0.3) is 0 Å². The van der Waals surface area contributed by atoms with Gasteiger partial charge in [0.25, 0.3) is 0 Å². The average molecular weight is 391 g/mol. The van der Waals surface area contributed by atoms with E-state index in [1.54, 1.807) is 24.5 Å². The van der Waals surface area contributed by atoms with E-state index >= 15 is 0 Å². The normalized spacial score (nSPS) is 11.0. The lowest BCUT2D eigenvalue weighted by atomic mass is 10.2. The summed E-state index contributed by atoms with van der Waals surface area (Å²) in [4.78, 5) is 16.1. The lowest BCUT2D eigenvalue weighted by Gasteiger charge is -2.04. The Hall–Kier alpha value is -2.78. The predicted molar refractivity (Wildman–Crippen MR) is 100 cm³/mol. The monoisotopic (exact) mass is 390 g/mol. The predicted octanol–water partition coefficient (Wildman–Crippen LogP) is 2.91. The van der Waals surface area contributed by atoms with Crippen LogP contribution in [0.1, 0.15) is 11.3 Å². The van der Waals surface area contributed by atoms with Crippen LogP contribution in [-0.4, -0.2) is 33.1 Å². The van der Waals surface area contributed by atoms with Gasteiger partial charge in [-0.2, -0.15) is 10.1 Å². The Labute approximate surface area is 158 Å². The lowest BCUT2D eigenvalue weighted by molar-refractivity contribution is -0.118. The minimum Gasteiger partial charge on any atom is -0.463 e. The van der Waals surface area contributed by atoms with Crippen molar-refractivity contribution in [3.8, 4) is 0 Å². The molecule has 26 heavy (non-hydrogen) atoms. The Morgan fingerprint density at radius 1 is 1.38 bits per heavy atom. The molecular weight excluding hydrogens is 376 g/mol. The van der Waals surface area contributed by atoms with Gasteiger partial charge in [0, 0.05) is 11.6 Å². The second kappa shape index (κ2) is 9.07. The van der Waals surface area contributed by atoms with Crippen molar-refractivity contribution in [1.82, 2.24) is 20.5 Å². The third-order valence-electron chi connectivity index (χ3n) is 3.08. The summed E-state index contributed by atoms with van der Waals surface area (Å²) in [5, 5.41) is 14.6. The van der Waals surface area contributed by atoms with Gasteiger partial charge in [-0.15, -0.1) is 5.10 Å². The third-order valence-corrected chi connectivity index (χ3v) is 4.16. The molecule has 0 fully saturated rings. The van der Waals surface area contributed by atoms with E-state index in [1.165, 1.54) is 18.0 Å². The Balaban J connectivity index is 1.40. The Bertz CT molecular complexity index is 881. The van der Waals surface area contributed by atoms with Crippen molar-refractivity contribution < 1.29 is 9.21 Å². The zero-order chi connectivity index (χ0) is 18.2. The molecule has 2 aromatic heterocycles. The molecule has 2 heterocycles. The molecular formula is C16H15ClN6O2S. The molecule has 0 unspecified atom stereocenters. The molecule has 1 amide bonds. The number of aromatic amines is 1. The van der Waals surface area contributed by atoms with Crippen LogP contribution in [0.2, 0.25) is 5.02 Å². The van der Waals surface area contributed by atoms with Gasteiger partial charge in [0.2, 0.25) is 17.0 Å². The van der Waals surface area contributed by atoms with Gasteiger partial charge < -0.3 is 9.73 Å². The molecule has 0 spiro atoms. The first kappa shape index (κ1) is 18.0. The molecule has 0 aliphatic carbocycles. The Morgan fingerprint density at radius 2 is 2.31 bits per heavy atom. The maximum absolute atomic E-state index is 11.9. The van der Waals surface area contributed by atoms with Crippen molar-refractivity contribution in [3.63, 3.8) is 0 Å². The van der Waals surface area contributed by atoms with Gasteiger partial charge in [-0.05, 0) is 29.8 Å². The fourth-order valence-corrected chi connectivity index (χ4v) is 2.75. The Morgan fingerprint density at radius 3 is 3.12 bits per heavy atom. The minimum absolute atomic E-state index is 0.120. The van der Waals surface area contributed by atoms with E-state index in [9.17, 15) is 4.79 Å². The van der Waals surface area contributed by atoms with Crippen LogP contribution >= 0.6 is 23.4 Å². The van der Waals surface area contributed by atoms with Crippen molar-refractivity contribution in [2.75, 3.05) is 11.2 Å². The molecule has 134 valence electrons. The molecule has 3 aromatic rings. The first-order valence-electron chi connectivity index (χ1n) is 7.58. The highest BCUT2D eigenvalue weighted by Crippen LogP contribution is 2.14.